The Morgan fingerprint density at radius 1 is 1.39 bits per heavy atom. The van der Waals surface area contributed by atoms with Crippen molar-refractivity contribution in [2.24, 2.45) is 17.3 Å². The minimum absolute atomic E-state index is 0.0258. The van der Waals surface area contributed by atoms with E-state index in [0.29, 0.717) is 5.92 Å². The fourth-order valence-electron chi connectivity index (χ4n) is 4.91. The molecule has 3 rings (SSSR count). The maximum Gasteiger partial charge on any atom is 0.310 e. The minimum Gasteiger partial charge on any atom is -0.462 e. The molecule has 23 heavy (non-hydrogen) atoms. The summed E-state index contributed by atoms with van der Waals surface area (Å²) in [5, 5.41) is 3.46. The van der Waals surface area contributed by atoms with E-state index in [2.05, 4.69) is 38.2 Å². The number of nitrogens with one attached hydrogen (secondary N) is 1. The first-order valence-corrected chi connectivity index (χ1v) is 9.16. The summed E-state index contributed by atoms with van der Waals surface area (Å²) in [4.78, 5) is 14.5. The summed E-state index contributed by atoms with van der Waals surface area (Å²) >= 11 is 0. The van der Waals surface area contributed by atoms with Gasteiger partial charge >= 0.3 is 5.97 Å². The fraction of sp³-hybridized carbons (Fsp3) is 0.842. The normalized spacial score (nSPS) is 36.9. The molecule has 4 nitrogen and oxygen atoms in total. The van der Waals surface area contributed by atoms with Gasteiger partial charge in [-0.25, -0.2) is 0 Å². The van der Waals surface area contributed by atoms with Crippen LogP contribution in [0.4, 0.5) is 0 Å². The third-order valence-corrected chi connectivity index (χ3v) is 6.28. The van der Waals surface area contributed by atoms with Crippen molar-refractivity contribution in [2.45, 2.75) is 52.1 Å². The summed E-state index contributed by atoms with van der Waals surface area (Å²) in [7, 11) is 4.14. The highest BCUT2D eigenvalue weighted by molar-refractivity contribution is 5.76. The Balaban J connectivity index is 1.67. The van der Waals surface area contributed by atoms with Gasteiger partial charge in [-0.1, -0.05) is 18.1 Å². The highest BCUT2D eigenvalue weighted by atomic mass is 16.6. The number of carbonyl (C=O) groups excluding carboxylic acids is 1. The largest absolute Gasteiger partial charge is 0.462 e. The minimum atomic E-state index is 0.0258. The molecule has 0 aromatic rings. The zero-order valence-corrected chi connectivity index (χ0v) is 15.2. The lowest BCUT2D eigenvalue weighted by Gasteiger charge is -2.45. The molecule has 4 heteroatoms. The van der Waals surface area contributed by atoms with Gasteiger partial charge < -0.3 is 15.0 Å². The van der Waals surface area contributed by atoms with Crippen molar-refractivity contribution in [3.05, 3.63) is 11.1 Å². The van der Waals surface area contributed by atoms with Crippen LogP contribution in [0.1, 0.15) is 46.0 Å². The summed E-state index contributed by atoms with van der Waals surface area (Å²) in [5.74, 6) is 0.442. The van der Waals surface area contributed by atoms with E-state index in [1.54, 1.807) is 11.1 Å². The third-order valence-electron chi connectivity index (χ3n) is 6.28. The molecule has 1 N–H and O–H groups in total. The molecule has 4 atom stereocenters. The quantitative estimate of drug-likeness (QED) is 0.480. The van der Waals surface area contributed by atoms with Crippen molar-refractivity contribution in [1.29, 1.82) is 0 Å². The molecule has 0 radical (unpaired) electrons. The topological polar surface area (TPSA) is 41.6 Å². The standard InChI is InChI=1S/C19H32N2O2/c1-13-6-5-7-19(2)11-17-14(10-16(13)19)15(18(22)23-17)12-20-8-9-21(3)4/h14-15,17,20H,5-12H2,1-4H3. The molecule has 0 bridgehead atoms. The zero-order valence-electron chi connectivity index (χ0n) is 15.2. The smallest absolute Gasteiger partial charge is 0.310 e. The van der Waals surface area contributed by atoms with Crippen molar-refractivity contribution in [1.82, 2.24) is 10.2 Å². The summed E-state index contributed by atoms with van der Waals surface area (Å²) in [5.41, 5.74) is 3.49. The zero-order chi connectivity index (χ0) is 16.6. The summed E-state index contributed by atoms with van der Waals surface area (Å²) in [6, 6.07) is 0. The van der Waals surface area contributed by atoms with Crippen LogP contribution >= 0.6 is 0 Å². The van der Waals surface area contributed by atoms with Crippen LogP contribution in [0.2, 0.25) is 0 Å². The van der Waals surface area contributed by atoms with Gasteiger partial charge in [-0.15, -0.1) is 0 Å². The number of carbonyl (C=O) groups is 1. The number of fused-ring (bicyclic) bond motifs is 2. The van der Waals surface area contributed by atoms with Crippen LogP contribution in [0, 0.1) is 17.3 Å². The Morgan fingerprint density at radius 2 is 2.17 bits per heavy atom. The number of hydrogen-bond donors (Lipinski definition) is 1. The Labute approximate surface area is 140 Å². The van der Waals surface area contributed by atoms with Gasteiger partial charge in [0, 0.05) is 25.6 Å². The number of hydrogen-bond acceptors (Lipinski definition) is 4. The van der Waals surface area contributed by atoms with E-state index in [4.69, 9.17) is 4.74 Å². The second-order valence-corrected chi connectivity index (χ2v) is 8.33. The van der Waals surface area contributed by atoms with Gasteiger partial charge in [0.15, 0.2) is 0 Å². The van der Waals surface area contributed by atoms with Crippen LogP contribution in [-0.4, -0.2) is 50.7 Å². The monoisotopic (exact) mass is 320 g/mol. The van der Waals surface area contributed by atoms with Crippen molar-refractivity contribution >= 4 is 5.97 Å². The lowest BCUT2D eigenvalue weighted by molar-refractivity contribution is -0.145. The molecule has 2 fully saturated rings. The number of esters is 1. The van der Waals surface area contributed by atoms with Crippen LogP contribution in [0.5, 0.6) is 0 Å². The van der Waals surface area contributed by atoms with E-state index in [9.17, 15) is 4.79 Å². The van der Waals surface area contributed by atoms with Gasteiger partial charge in [0.05, 0.1) is 5.92 Å². The predicted octanol–water partition coefficient (Wildman–Crippen LogP) is 2.60. The Hall–Kier alpha value is -0.870. The average Bonchev–Trinajstić information content (AvgIpc) is 2.76. The molecule has 0 aromatic carbocycles. The number of nitrogens with zero attached hydrogens (tertiary/aromatic N) is 1. The van der Waals surface area contributed by atoms with E-state index >= 15 is 0 Å². The van der Waals surface area contributed by atoms with Crippen LogP contribution in [-0.2, 0) is 9.53 Å². The summed E-state index contributed by atoms with van der Waals surface area (Å²) < 4.78 is 5.79. The van der Waals surface area contributed by atoms with Crippen LogP contribution in [0.3, 0.4) is 0 Å². The van der Waals surface area contributed by atoms with Crippen molar-refractivity contribution in [2.75, 3.05) is 33.7 Å². The molecule has 1 aliphatic heterocycles. The van der Waals surface area contributed by atoms with Gasteiger partial charge in [0.25, 0.3) is 0 Å². The maximum atomic E-state index is 12.4. The average molecular weight is 320 g/mol. The van der Waals surface area contributed by atoms with Crippen molar-refractivity contribution in [3.63, 3.8) is 0 Å². The number of rotatable bonds is 5. The van der Waals surface area contributed by atoms with E-state index in [-0.39, 0.29) is 23.4 Å². The van der Waals surface area contributed by atoms with Gasteiger partial charge in [0.2, 0.25) is 0 Å². The van der Waals surface area contributed by atoms with Crippen LogP contribution in [0.25, 0.3) is 0 Å². The Kier molecular flexibility index (Phi) is 4.84. The molecule has 1 heterocycles. The van der Waals surface area contributed by atoms with Crippen LogP contribution < -0.4 is 5.32 Å². The van der Waals surface area contributed by atoms with Gasteiger partial charge in [-0.05, 0) is 58.5 Å². The fourth-order valence-corrected chi connectivity index (χ4v) is 4.91. The maximum absolute atomic E-state index is 12.4. The highest BCUT2D eigenvalue weighted by Crippen LogP contribution is 2.54. The first kappa shape index (κ1) is 17.0. The van der Waals surface area contributed by atoms with E-state index < -0.39 is 0 Å². The van der Waals surface area contributed by atoms with Gasteiger partial charge in [-0.3, -0.25) is 4.79 Å². The SMILES string of the molecule is CC1=C2CC3C(CC2(C)CCC1)OC(=O)C3CNCCN(C)C. The molecule has 1 saturated carbocycles. The van der Waals surface area contributed by atoms with E-state index in [1.807, 2.05) is 0 Å². The lowest BCUT2D eigenvalue weighted by atomic mass is 9.59. The summed E-state index contributed by atoms with van der Waals surface area (Å²) in [6.07, 6.45) is 6.02. The molecule has 0 spiro atoms. The first-order chi connectivity index (χ1) is 10.9. The second kappa shape index (κ2) is 6.56. The Morgan fingerprint density at radius 3 is 2.91 bits per heavy atom. The molecule has 0 amide bonds. The van der Waals surface area contributed by atoms with Crippen LogP contribution in [0.15, 0.2) is 11.1 Å². The van der Waals surface area contributed by atoms with Gasteiger partial charge in [-0.2, -0.15) is 0 Å². The molecular formula is C19H32N2O2. The number of ether oxygens (including phenoxy) is 1. The molecule has 130 valence electrons. The predicted molar refractivity (Wildman–Crippen MR) is 92.2 cm³/mol. The van der Waals surface area contributed by atoms with Crippen molar-refractivity contribution < 1.29 is 9.53 Å². The first-order valence-electron chi connectivity index (χ1n) is 9.16. The lowest BCUT2D eigenvalue weighted by Crippen LogP contribution is -2.41. The third kappa shape index (κ3) is 3.34. The summed E-state index contributed by atoms with van der Waals surface area (Å²) in [6.45, 7) is 7.37. The molecule has 3 aliphatic rings. The number of likely N-dealkylation sites (N-methyl/N-ethyl adjacent to an activating group) is 1. The number of allylic oxidation sites excluding steroid dienone is 2. The van der Waals surface area contributed by atoms with E-state index in [0.717, 1.165) is 32.5 Å². The highest BCUT2D eigenvalue weighted by Gasteiger charge is 2.52. The van der Waals surface area contributed by atoms with Crippen molar-refractivity contribution in [3.8, 4) is 0 Å². The molecular weight excluding hydrogens is 288 g/mol. The second-order valence-electron chi connectivity index (χ2n) is 8.33. The molecule has 1 saturated heterocycles. The van der Waals surface area contributed by atoms with Gasteiger partial charge in [0.1, 0.15) is 6.10 Å². The van der Waals surface area contributed by atoms with E-state index in [1.165, 1.54) is 19.3 Å². The molecule has 4 unspecified atom stereocenters. The Bertz CT molecular complexity index is 500. The molecule has 2 aliphatic carbocycles. The molecule has 0 aromatic heterocycles.